The molecule has 3 aromatic rings. The van der Waals surface area contributed by atoms with E-state index in [-0.39, 0.29) is 33.4 Å². The van der Waals surface area contributed by atoms with Crippen molar-refractivity contribution >= 4 is 69.3 Å². The number of nitrogens with zero attached hydrogens (tertiary/aromatic N) is 5. The second kappa shape index (κ2) is 9.10. The summed E-state index contributed by atoms with van der Waals surface area (Å²) in [6.07, 6.45) is 1.07. The van der Waals surface area contributed by atoms with Crippen molar-refractivity contribution in [2.45, 2.75) is 3.79 Å². The minimum Gasteiger partial charge on any atom is -0.328 e. The maximum atomic E-state index is 11.8. The highest BCUT2D eigenvalue weighted by Crippen LogP contribution is 2.43. The van der Waals surface area contributed by atoms with Crippen LogP contribution in [0.15, 0.2) is 42.6 Å². The van der Waals surface area contributed by atoms with Crippen LogP contribution in [0, 0.1) is 31.6 Å². The number of nitrogens with one attached hydrogen (secondary N) is 1. The Labute approximate surface area is 199 Å². The van der Waals surface area contributed by atoms with Crippen molar-refractivity contribution < 1.29 is 9.85 Å². The van der Waals surface area contributed by atoms with Crippen molar-refractivity contribution in [3.63, 3.8) is 0 Å². The molecule has 0 spiro atoms. The Morgan fingerprint density at radius 2 is 1.66 bits per heavy atom. The molecular weight excluding hydrogens is 506 g/mol. The van der Waals surface area contributed by atoms with Gasteiger partial charge in [-0.1, -0.05) is 64.6 Å². The van der Waals surface area contributed by atoms with Crippen molar-refractivity contribution in [1.82, 2.24) is 9.97 Å². The zero-order valence-corrected chi connectivity index (χ0v) is 18.4. The number of nitro groups is 2. The Morgan fingerprint density at radius 3 is 2.19 bits per heavy atom. The van der Waals surface area contributed by atoms with Crippen molar-refractivity contribution in [1.29, 1.82) is 5.26 Å². The van der Waals surface area contributed by atoms with Crippen molar-refractivity contribution in [3.05, 3.63) is 79.2 Å². The second-order valence-electron chi connectivity index (χ2n) is 6.07. The summed E-state index contributed by atoms with van der Waals surface area (Å²) in [7, 11) is 0. The fourth-order valence-electron chi connectivity index (χ4n) is 2.73. The minimum atomic E-state index is -2.04. The molecule has 0 radical (unpaired) electrons. The Balaban J connectivity index is 2.24. The van der Waals surface area contributed by atoms with E-state index in [4.69, 9.17) is 46.4 Å². The molecule has 0 bridgehead atoms. The van der Waals surface area contributed by atoms with Crippen LogP contribution < -0.4 is 5.32 Å². The van der Waals surface area contributed by atoms with Gasteiger partial charge in [-0.3, -0.25) is 20.2 Å². The lowest BCUT2D eigenvalue weighted by atomic mass is 9.98. The number of anilines is 2. The molecule has 2 aromatic carbocycles. The number of halogens is 4. The SMILES string of the molecule is N#Cc1ccccc1-c1cc([N+](=O)[O-])c(Nc2nc(C(Cl)(Cl)Cl)ncc2Cl)c([N+](=O)[O-])c1. The summed E-state index contributed by atoms with van der Waals surface area (Å²) in [5.74, 6) is -0.557. The molecule has 0 atom stereocenters. The molecule has 0 fully saturated rings. The van der Waals surface area contributed by atoms with Crippen LogP contribution in [-0.4, -0.2) is 19.8 Å². The first kappa shape index (κ1) is 23.4. The van der Waals surface area contributed by atoms with Gasteiger partial charge in [0.05, 0.1) is 27.7 Å². The number of hydrogen-bond donors (Lipinski definition) is 1. The van der Waals surface area contributed by atoms with Gasteiger partial charge in [0.1, 0.15) is 5.02 Å². The monoisotopic (exact) mass is 512 g/mol. The largest absolute Gasteiger partial charge is 0.328 e. The van der Waals surface area contributed by atoms with E-state index in [1.807, 2.05) is 6.07 Å². The first-order valence-electron chi connectivity index (χ1n) is 8.36. The summed E-state index contributed by atoms with van der Waals surface area (Å²) in [6.45, 7) is 0. The van der Waals surface area contributed by atoms with E-state index in [0.717, 1.165) is 18.3 Å². The predicted molar refractivity (Wildman–Crippen MR) is 119 cm³/mol. The summed E-state index contributed by atoms with van der Waals surface area (Å²) < 4.78 is -2.04. The first-order valence-corrected chi connectivity index (χ1v) is 9.87. The van der Waals surface area contributed by atoms with Gasteiger partial charge in [0.25, 0.3) is 11.4 Å². The van der Waals surface area contributed by atoms with Crippen LogP contribution >= 0.6 is 46.4 Å². The fourth-order valence-corrected chi connectivity index (χ4v) is 3.14. The molecule has 0 aliphatic carbocycles. The highest BCUT2D eigenvalue weighted by molar-refractivity contribution is 6.66. The van der Waals surface area contributed by atoms with E-state index >= 15 is 0 Å². The molecule has 14 heteroatoms. The Morgan fingerprint density at radius 1 is 1.06 bits per heavy atom. The number of benzene rings is 2. The lowest BCUT2D eigenvalue weighted by Gasteiger charge is -2.14. The molecule has 0 aliphatic rings. The molecule has 0 saturated heterocycles. The Kier molecular flexibility index (Phi) is 6.66. The molecule has 0 saturated carbocycles. The molecule has 1 N–H and O–H groups in total. The predicted octanol–water partition coefficient (Wildman–Crippen LogP) is 6.06. The number of aromatic nitrogens is 2. The van der Waals surface area contributed by atoms with E-state index in [9.17, 15) is 25.5 Å². The van der Waals surface area contributed by atoms with E-state index in [0.29, 0.717) is 0 Å². The third-order valence-electron chi connectivity index (χ3n) is 4.09. The van der Waals surface area contributed by atoms with Crippen molar-refractivity contribution in [2.24, 2.45) is 0 Å². The Hall–Kier alpha value is -3.23. The Bertz CT molecular complexity index is 1250. The lowest BCUT2D eigenvalue weighted by molar-refractivity contribution is -0.392. The summed E-state index contributed by atoms with van der Waals surface area (Å²) in [5, 5.41) is 35.2. The summed E-state index contributed by atoms with van der Waals surface area (Å²) >= 11 is 23.3. The van der Waals surface area contributed by atoms with Crippen LogP contribution in [0.1, 0.15) is 11.4 Å². The van der Waals surface area contributed by atoms with Crippen LogP contribution in [0.4, 0.5) is 22.9 Å². The smallest absolute Gasteiger partial charge is 0.300 e. The van der Waals surface area contributed by atoms with Gasteiger partial charge in [-0.2, -0.15) is 5.26 Å². The molecule has 0 unspecified atom stereocenters. The molecule has 1 heterocycles. The van der Waals surface area contributed by atoms with Crippen LogP contribution in [0.25, 0.3) is 11.1 Å². The van der Waals surface area contributed by atoms with Crippen LogP contribution in [0.2, 0.25) is 5.02 Å². The highest BCUT2D eigenvalue weighted by atomic mass is 35.6. The molecular formula is C18H8Cl4N6O4. The van der Waals surface area contributed by atoms with Crippen LogP contribution in [-0.2, 0) is 3.79 Å². The summed E-state index contributed by atoms with van der Waals surface area (Å²) in [4.78, 5) is 29.6. The van der Waals surface area contributed by atoms with Gasteiger partial charge in [-0.25, -0.2) is 9.97 Å². The average molecular weight is 514 g/mol. The van der Waals surface area contributed by atoms with Gasteiger partial charge in [0, 0.05) is 12.1 Å². The van der Waals surface area contributed by atoms with Gasteiger partial charge in [-0.05, 0) is 17.2 Å². The minimum absolute atomic E-state index is 0.0989. The molecule has 0 aliphatic heterocycles. The number of hydrogen-bond acceptors (Lipinski definition) is 8. The topological polar surface area (TPSA) is 148 Å². The average Bonchev–Trinajstić information content (AvgIpc) is 2.74. The summed E-state index contributed by atoms with van der Waals surface area (Å²) in [5.41, 5.74) is -1.26. The third-order valence-corrected chi connectivity index (χ3v) is 4.87. The fraction of sp³-hybridized carbons (Fsp3) is 0.0556. The molecule has 1 aromatic heterocycles. The van der Waals surface area contributed by atoms with Gasteiger partial charge in [0.2, 0.25) is 3.79 Å². The van der Waals surface area contributed by atoms with Crippen LogP contribution in [0.3, 0.4) is 0 Å². The highest BCUT2D eigenvalue weighted by Gasteiger charge is 2.31. The lowest BCUT2D eigenvalue weighted by Crippen LogP contribution is -2.10. The molecule has 3 rings (SSSR count). The van der Waals surface area contributed by atoms with E-state index in [2.05, 4.69) is 15.3 Å². The van der Waals surface area contributed by atoms with E-state index in [1.54, 1.807) is 12.1 Å². The van der Waals surface area contributed by atoms with Gasteiger partial charge < -0.3 is 5.32 Å². The third kappa shape index (κ3) is 4.81. The van der Waals surface area contributed by atoms with E-state index in [1.165, 1.54) is 12.1 Å². The number of alkyl halides is 3. The molecule has 162 valence electrons. The normalized spacial score (nSPS) is 11.0. The van der Waals surface area contributed by atoms with Gasteiger partial charge in [-0.15, -0.1) is 0 Å². The summed E-state index contributed by atoms with van der Waals surface area (Å²) in [6, 6.07) is 10.3. The zero-order chi connectivity index (χ0) is 23.6. The maximum Gasteiger partial charge on any atom is 0.300 e. The van der Waals surface area contributed by atoms with E-state index < -0.39 is 30.7 Å². The first-order chi connectivity index (χ1) is 15.0. The quantitative estimate of drug-likeness (QED) is 0.246. The number of nitriles is 1. The number of rotatable bonds is 5. The standard InChI is InChI=1S/C18H8Cl4N6O4/c19-12-8-24-17(18(20,21)22)26-16(12)25-15-13(27(29)30)5-10(6-14(15)28(31)32)11-4-2-1-3-9(11)7-23/h1-6,8H,(H,24,25,26). The van der Waals surface area contributed by atoms with Gasteiger partial charge >= 0.3 is 0 Å². The molecule has 32 heavy (non-hydrogen) atoms. The zero-order valence-electron chi connectivity index (χ0n) is 15.4. The molecule has 0 amide bonds. The van der Waals surface area contributed by atoms with Gasteiger partial charge in [0.15, 0.2) is 17.3 Å². The van der Waals surface area contributed by atoms with Crippen molar-refractivity contribution in [3.8, 4) is 17.2 Å². The maximum absolute atomic E-state index is 11.8. The molecule has 10 nitrogen and oxygen atoms in total. The van der Waals surface area contributed by atoms with Crippen LogP contribution in [0.5, 0.6) is 0 Å². The number of nitro benzene ring substituents is 2. The second-order valence-corrected chi connectivity index (χ2v) is 8.76. The van der Waals surface area contributed by atoms with Crippen molar-refractivity contribution in [2.75, 3.05) is 5.32 Å².